The van der Waals surface area contributed by atoms with Crippen LogP contribution in [-0.4, -0.2) is 19.5 Å². The second-order valence-corrected chi connectivity index (χ2v) is 17.5. The van der Waals surface area contributed by atoms with E-state index in [4.69, 9.17) is 15.0 Å². The summed E-state index contributed by atoms with van der Waals surface area (Å²) in [6.07, 6.45) is 0. The molecule has 0 amide bonds. The van der Waals surface area contributed by atoms with Gasteiger partial charge in [0.05, 0.1) is 11.0 Å². The predicted molar refractivity (Wildman–Crippen MR) is 285 cm³/mol. The Morgan fingerprint density at radius 3 is 1.41 bits per heavy atom. The third-order valence-electron chi connectivity index (χ3n) is 13.8. The van der Waals surface area contributed by atoms with E-state index in [1.807, 2.05) is 0 Å². The molecule has 14 aromatic rings. The van der Waals surface area contributed by atoms with Crippen LogP contribution < -0.4 is 4.90 Å². The van der Waals surface area contributed by atoms with E-state index in [1.165, 1.54) is 43.1 Å². The number of para-hydroxylation sites is 3. The number of rotatable bonds is 6. The van der Waals surface area contributed by atoms with Crippen LogP contribution >= 0.6 is 0 Å². The van der Waals surface area contributed by atoms with Crippen LogP contribution in [0.5, 0.6) is 0 Å². The summed E-state index contributed by atoms with van der Waals surface area (Å²) in [6, 6.07) is 84.7. The number of nitrogens with zero attached hydrogens (tertiary/aromatic N) is 5. The number of fused-ring (bicyclic) bond motifs is 13. The molecule has 2 aromatic heterocycles. The summed E-state index contributed by atoms with van der Waals surface area (Å²) in [6.45, 7) is 0. The van der Waals surface area contributed by atoms with Gasteiger partial charge in [-0.3, -0.25) is 4.57 Å². The van der Waals surface area contributed by atoms with Gasteiger partial charge < -0.3 is 4.90 Å². The molecular formula is C63H39N5. The van der Waals surface area contributed by atoms with Gasteiger partial charge >= 0.3 is 0 Å². The minimum absolute atomic E-state index is 0.572. The van der Waals surface area contributed by atoms with Crippen molar-refractivity contribution < 1.29 is 0 Å². The smallest absolute Gasteiger partial charge is 0.238 e. The molecule has 0 unspecified atom stereocenters. The highest BCUT2D eigenvalue weighted by atomic mass is 15.2. The summed E-state index contributed by atoms with van der Waals surface area (Å²) < 4.78 is 2.24. The van der Waals surface area contributed by atoms with Gasteiger partial charge in [0.1, 0.15) is 0 Å². The maximum Gasteiger partial charge on any atom is 0.238 e. The maximum absolute atomic E-state index is 5.41. The molecule has 0 aliphatic heterocycles. The highest BCUT2D eigenvalue weighted by Crippen LogP contribution is 2.44. The minimum Gasteiger partial charge on any atom is -0.310 e. The molecule has 0 saturated carbocycles. The largest absolute Gasteiger partial charge is 0.310 e. The fourth-order valence-corrected chi connectivity index (χ4v) is 10.7. The van der Waals surface area contributed by atoms with Crippen LogP contribution in [0.25, 0.3) is 115 Å². The molecule has 0 aliphatic carbocycles. The van der Waals surface area contributed by atoms with E-state index in [1.54, 1.807) is 0 Å². The molecular weight excluding hydrogens is 827 g/mol. The molecule has 2 heterocycles. The quantitative estimate of drug-likeness (QED) is 0.123. The van der Waals surface area contributed by atoms with Crippen LogP contribution in [0, 0.1) is 0 Å². The Balaban J connectivity index is 1.04. The summed E-state index contributed by atoms with van der Waals surface area (Å²) in [5.74, 6) is 1.83. The van der Waals surface area contributed by atoms with Crippen LogP contribution in [0.4, 0.5) is 17.1 Å². The van der Waals surface area contributed by atoms with Gasteiger partial charge in [-0.25, -0.2) is 4.98 Å². The third-order valence-corrected chi connectivity index (χ3v) is 13.8. The molecule has 0 radical (unpaired) electrons. The summed E-state index contributed by atoms with van der Waals surface area (Å²) in [7, 11) is 0. The lowest BCUT2D eigenvalue weighted by Gasteiger charge is -2.26. The van der Waals surface area contributed by atoms with Gasteiger partial charge in [-0.2, -0.15) is 9.97 Å². The van der Waals surface area contributed by atoms with Crippen LogP contribution in [0.3, 0.4) is 0 Å². The van der Waals surface area contributed by atoms with Crippen LogP contribution in [-0.2, 0) is 0 Å². The molecule has 0 atom stereocenters. The number of anilines is 3. The van der Waals surface area contributed by atoms with Crippen molar-refractivity contribution in [2.45, 2.75) is 0 Å². The van der Waals surface area contributed by atoms with E-state index in [9.17, 15) is 0 Å². The molecule has 0 spiro atoms. The average Bonchev–Trinajstić information content (AvgIpc) is 3.76. The van der Waals surface area contributed by atoms with Crippen molar-refractivity contribution in [3.63, 3.8) is 0 Å². The molecule has 5 nitrogen and oxygen atoms in total. The molecule has 0 bridgehead atoms. The molecule has 5 heteroatoms. The van der Waals surface area contributed by atoms with Gasteiger partial charge in [-0.1, -0.05) is 176 Å². The molecule has 0 N–H and O–H groups in total. The van der Waals surface area contributed by atoms with Crippen molar-refractivity contribution in [2.75, 3.05) is 4.90 Å². The van der Waals surface area contributed by atoms with Crippen molar-refractivity contribution in [2.24, 2.45) is 0 Å². The fraction of sp³-hybridized carbons (Fsp3) is 0. The molecule has 12 aromatic carbocycles. The number of benzene rings is 12. The van der Waals surface area contributed by atoms with Crippen LogP contribution in [0.2, 0.25) is 0 Å². The lowest BCUT2D eigenvalue weighted by molar-refractivity contribution is 0.955. The highest BCUT2D eigenvalue weighted by Gasteiger charge is 2.22. The summed E-state index contributed by atoms with van der Waals surface area (Å²) in [5, 5.41) is 16.4. The van der Waals surface area contributed by atoms with E-state index in [2.05, 4.69) is 246 Å². The van der Waals surface area contributed by atoms with E-state index >= 15 is 0 Å². The van der Waals surface area contributed by atoms with Gasteiger partial charge in [0.25, 0.3) is 0 Å². The van der Waals surface area contributed by atoms with Gasteiger partial charge in [-0.15, -0.1) is 0 Å². The Morgan fingerprint density at radius 1 is 0.279 bits per heavy atom. The standard InChI is InChI=1S/C63H39N5/c1-3-21-43(22-4-1)67(44-23-5-2-6-24-44)45-34-35-50-56(38-45)49-28-12-11-27-48(49)55-37-42-33-36-59-60(54(42)39-57(50)55)53-29-13-14-32-58(53)68(59)63-65-61(51-30-15-19-40-17-7-9-25-46(40)51)64-62(66-63)52-31-16-20-41-18-8-10-26-47(41)52/h1-39H. The van der Waals surface area contributed by atoms with Crippen molar-refractivity contribution >= 4 is 104 Å². The molecule has 0 saturated heterocycles. The summed E-state index contributed by atoms with van der Waals surface area (Å²) in [4.78, 5) is 18.5. The summed E-state index contributed by atoms with van der Waals surface area (Å²) >= 11 is 0. The first-order chi connectivity index (χ1) is 33.7. The fourth-order valence-electron chi connectivity index (χ4n) is 10.7. The van der Waals surface area contributed by atoms with Crippen molar-refractivity contribution in [3.8, 4) is 28.7 Å². The molecule has 0 aliphatic rings. The van der Waals surface area contributed by atoms with E-state index in [0.29, 0.717) is 17.6 Å². The van der Waals surface area contributed by atoms with Crippen molar-refractivity contribution in [1.29, 1.82) is 0 Å². The number of aromatic nitrogens is 4. The highest BCUT2D eigenvalue weighted by molar-refractivity contribution is 6.31. The zero-order valence-corrected chi connectivity index (χ0v) is 36.8. The first-order valence-corrected chi connectivity index (χ1v) is 23.1. The SMILES string of the molecule is c1ccc(N(c2ccccc2)c2ccc3c(c2)c2ccccc2c2cc4ccc5c(c4cc32)c2ccccc2n5-c2nc(-c3cccc4ccccc34)nc(-c3cccc4ccccc34)n2)cc1. The molecule has 14 rings (SSSR count). The van der Waals surface area contributed by atoms with Gasteiger partial charge in [-0.05, 0) is 125 Å². The average molecular weight is 866 g/mol. The number of hydrogen-bond donors (Lipinski definition) is 0. The summed E-state index contributed by atoms with van der Waals surface area (Å²) in [5.41, 5.74) is 7.32. The molecule has 316 valence electrons. The van der Waals surface area contributed by atoms with Crippen molar-refractivity contribution in [1.82, 2.24) is 19.5 Å². The van der Waals surface area contributed by atoms with Gasteiger partial charge in [0.2, 0.25) is 5.95 Å². The molecule has 68 heavy (non-hydrogen) atoms. The monoisotopic (exact) mass is 865 g/mol. The van der Waals surface area contributed by atoms with Crippen LogP contribution in [0.1, 0.15) is 0 Å². The minimum atomic E-state index is 0.572. The first kappa shape index (κ1) is 38.1. The lowest BCUT2D eigenvalue weighted by atomic mass is 9.91. The Labute approximate surface area is 391 Å². The van der Waals surface area contributed by atoms with Gasteiger partial charge in [0, 0.05) is 39.0 Å². The lowest BCUT2D eigenvalue weighted by Crippen LogP contribution is -2.09. The zero-order chi connectivity index (χ0) is 44.7. The maximum atomic E-state index is 5.41. The van der Waals surface area contributed by atoms with Crippen molar-refractivity contribution in [3.05, 3.63) is 237 Å². The van der Waals surface area contributed by atoms with E-state index in [-0.39, 0.29) is 0 Å². The van der Waals surface area contributed by atoms with E-state index in [0.717, 1.165) is 71.5 Å². The Hall–Kier alpha value is -9.19. The Kier molecular flexibility index (Phi) is 8.52. The van der Waals surface area contributed by atoms with Gasteiger partial charge in [0.15, 0.2) is 11.6 Å². The molecule has 0 fully saturated rings. The second kappa shape index (κ2) is 15.2. The topological polar surface area (TPSA) is 46.8 Å². The normalized spacial score (nSPS) is 11.8. The second-order valence-electron chi connectivity index (χ2n) is 17.5. The predicted octanol–water partition coefficient (Wildman–Crippen LogP) is 16.7. The Bertz CT molecular complexity index is 4180. The first-order valence-electron chi connectivity index (χ1n) is 23.1. The number of hydrogen-bond acceptors (Lipinski definition) is 4. The van der Waals surface area contributed by atoms with E-state index < -0.39 is 0 Å². The zero-order valence-electron chi connectivity index (χ0n) is 36.8. The van der Waals surface area contributed by atoms with Crippen LogP contribution in [0.15, 0.2) is 237 Å². The third kappa shape index (κ3) is 5.93. The Morgan fingerprint density at radius 2 is 0.779 bits per heavy atom.